The Hall–Kier alpha value is -2.09. The first-order valence-corrected chi connectivity index (χ1v) is 7.68. The minimum atomic E-state index is 0.0484. The molecule has 0 radical (unpaired) electrons. The number of rotatable bonds is 1. The third-order valence-corrected chi connectivity index (χ3v) is 5.12. The first kappa shape index (κ1) is 12.6. The summed E-state index contributed by atoms with van der Waals surface area (Å²) in [6, 6.07) is 19.3. The number of nitrogens with one attached hydrogen (secondary N) is 1. The van der Waals surface area contributed by atoms with Crippen molar-refractivity contribution in [2.75, 3.05) is 0 Å². The van der Waals surface area contributed by atoms with Gasteiger partial charge in [0.25, 0.3) is 0 Å². The van der Waals surface area contributed by atoms with Crippen LogP contribution in [0.2, 0.25) is 0 Å². The second kappa shape index (κ2) is 4.73. The SMILES string of the molecule is O=C1CC2(CCc3ccccc3C2)C(c2ccccc2)N1. The standard InChI is InChI=1S/C19H19NO/c21-17-13-19(18(20-17)15-7-2-1-3-8-15)11-10-14-6-4-5-9-16(14)12-19/h1-9,18H,10-13H2,(H,20,21). The lowest BCUT2D eigenvalue weighted by Gasteiger charge is -2.38. The molecule has 0 saturated carbocycles. The molecule has 21 heavy (non-hydrogen) atoms. The zero-order valence-electron chi connectivity index (χ0n) is 12.0. The van der Waals surface area contributed by atoms with Crippen LogP contribution in [0.15, 0.2) is 54.6 Å². The molecule has 1 aliphatic heterocycles. The van der Waals surface area contributed by atoms with Gasteiger partial charge >= 0.3 is 0 Å². The Kier molecular flexibility index (Phi) is 2.85. The molecule has 2 aromatic rings. The summed E-state index contributed by atoms with van der Waals surface area (Å²) in [5, 5.41) is 3.22. The lowest BCUT2D eigenvalue weighted by atomic mass is 9.66. The summed E-state index contributed by atoms with van der Waals surface area (Å²) in [7, 11) is 0. The van der Waals surface area contributed by atoms with Crippen molar-refractivity contribution in [3.05, 3.63) is 71.3 Å². The fourth-order valence-corrected chi connectivity index (χ4v) is 4.09. The van der Waals surface area contributed by atoms with Gasteiger partial charge in [-0.25, -0.2) is 0 Å². The van der Waals surface area contributed by atoms with E-state index in [9.17, 15) is 4.79 Å². The van der Waals surface area contributed by atoms with Crippen LogP contribution in [0.4, 0.5) is 0 Å². The van der Waals surface area contributed by atoms with Crippen LogP contribution in [0.1, 0.15) is 35.6 Å². The molecule has 1 fully saturated rings. The molecule has 1 aliphatic carbocycles. The minimum absolute atomic E-state index is 0.0484. The average Bonchev–Trinajstić information content (AvgIpc) is 2.84. The van der Waals surface area contributed by atoms with Crippen molar-refractivity contribution in [2.24, 2.45) is 5.41 Å². The number of amides is 1. The van der Waals surface area contributed by atoms with Crippen molar-refractivity contribution < 1.29 is 4.79 Å². The van der Waals surface area contributed by atoms with Crippen molar-refractivity contribution >= 4 is 5.91 Å². The number of benzene rings is 2. The highest BCUT2D eigenvalue weighted by Crippen LogP contribution is 2.50. The van der Waals surface area contributed by atoms with Crippen LogP contribution >= 0.6 is 0 Å². The molecule has 2 aromatic carbocycles. The molecule has 4 rings (SSSR count). The van der Waals surface area contributed by atoms with Gasteiger partial charge in [0.15, 0.2) is 0 Å². The van der Waals surface area contributed by atoms with E-state index in [1.165, 1.54) is 16.7 Å². The first-order valence-electron chi connectivity index (χ1n) is 7.68. The fourth-order valence-electron chi connectivity index (χ4n) is 4.09. The third kappa shape index (κ3) is 2.06. The van der Waals surface area contributed by atoms with E-state index in [1.807, 2.05) is 6.07 Å². The summed E-state index contributed by atoms with van der Waals surface area (Å²) in [5.74, 6) is 0.197. The van der Waals surface area contributed by atoms with E-state index in [4.69, 9.17) is 0 Å². The highest BCUT2D eigenvalue weighted by Gasteiger charge is 2.48. The van der Waals surface area contributed by atoms with Crippen LogP contribution in [0.5, 0.6) is 0 Å². The Morgan fingerprint density at radius 3 is 2.43 bits per heavy atom. The quantitative estimate of drug-likeness (QED) is 0.850. The fraction of sp³-hybridized carbons (Fsp3) is 0.316. The van der Waals surface area contributed by atoms with Gasteiger partial charge in [0.2, 0.25) is 5.91 Å². The topological polar surface area (TPSA) is 29.1 Å². The second-order valence-corrected chi connectivity index (χ2v) is 6.40. The molecule has 1 spiro atoms. The van der Waals surface area contributed by atoms with E-state index in [-0.39, 0.29) is 17.4 Å². The third-order valence-electron chi connectivity index (χ3n) is 5.12. The summed E-state index contributed by atoms with van der Waals surface area (Å²) in [4.78, 5) is 12.1. The largest absolute Gasteiger partial charge is 0.349 e. The van der Waals surface area contributed by atoms with Crippen molar-refractivity contribution in [3.8, 4) is 0 Å². The number of carbonyl (C=O) groups is 1. The molecule has 106 valence electrons. The Balaban J connectivity index is 1.74. The maximum atomic E-state index is 12.1. The molecule has 2 unspecified atom stereocenters. The van der Waals surface area contributed by atoms with E-state index < -0.39 is 0 Å². The summed E-state index contributed by atoms with van der Waals surface area (Å²) in [5.41, 5.74) is 4.16. The van der Waals surface area contributed by atoms with Gasteiger partial charge in [0.05, 0.1) is 6.04 Å². The normalized spacial score (nSPS) is 27.4. The lowest BCUT2D eigenvalue weighted by molar-refractivity contribution is -0.119. The zero-order chi connectivity index (χ0) is 14.3. The monoisotopic (exact) mass is 277 g/mol. The molecule has 1 N–H and O–H groups in total. The average molecular weight is 277 g/mol. The highest BCUT2D eigenvalue weighted by molar-refractivity contribution is 5.80. The lowest BCUT2D eigenvalue weighted by Crippen LogP contribution is -2.34. The van der Waals surface area contributed by atoms with Crippen LogP contribution in [-0.2, 0) is 17.6 Å². The van der Waals surface area contributed by atoms with Gasteiger partial charge in [0, 0.05) is 11.8 Å². The summed E-state index contributed by atoms with van der Waals surface area (Å²) in [6.07, 6.45) is 3.82. The number of fused-ring (bicyclic) bond motifs is 1. The van der Waals surface area contributed by atoms with E-state index in [1.54, 1.807) is 0 Å². The van der Waals surface area contributed by atoms with E-state index in [2.05, 4.69) is 53.8 Å². The van der Waals surface area contributed by atoms with Crippen molar-refractivity contribution in [1.82, 2.24) is 5.32 Å². The molecule has 2 heteroatoms. The Morgan fingerprint density at radius 2 is 1.62 bits per heavy atom. The molecule has 1 heterocycles. The van der Waals surface area contributed by atoms with E-state index in [0.717, 1.165) is 19.3 Å². The van der Waals surface area contributed by atoms with Gasteiger partial charge in [-0.1, -0.05) is 54.6 Å². The van der Waals surface area contributed by atoms with Crippen LogP contribution in [0, 0.1) is 5.41 Å². The Morgan fingerprint density at radius 1 is 0.905 bits per heavy atom. The molecule has 0 aromatic heterocycles. The molecule has 0 bridgehead atoms. The van der Waals surface area contributed by atoms with Crippen molar-refractivity contribution in [1.29, 1.82) is 0 Å². The van der Waals surface area contributed by atoms with Gasteiger partial charge in [0.1, 0.15) is 0 Å². The number of carbonyl (C=O) groups excluding carboxylic acids is 1. The smallest absolute Gasteiger partial charge is 0.221 e. The summed E-state index contributed by atoms with van der Waals surface area (Å²) < 4.78 is 0. The number of aryl methyl sites for hydroxylation is 1. The predicted octanol–water partition coefficient (Wildman–Crippen LogP) is 3.42. The second-order valence-electron chi connectivity index (χ2n) is 6.40. The molecule has 1 amide bonds. The van der Waals surface area contributed by atoms with Gasteiger partial charge in [-0.05, 0) is 36.0 Å². The van der Waals surface area contributed by atoms with Gasteiger partial charge < -0.3 is 5.32 Å². The predicted molar refractivity (Wildman–Crippen MR) is 82.8 cm³/mol. The Bertz CT molecular complexity index is 679. The minimum Gasteiger partial charge on any atom is -0.349 e. The number of hydrogen-bond donors (Lipinski definition) is 1. The number of hydrogen-bond acceptors (Lipinski definition) is 1. The van der Waals surface area contributed by atoms with Crippen molar-refractivity contribution in [2.45, 2.75) is 31.7 Å². The molecule has 2 atom stereocenters. The van der Waals surface area contributed by atoms with Crippen LogP contribution < -0.4 is 5.32 Å². The first-order chi connectivity index (χ1) is 10.3. The van der Waals surface area contributed by atoms with E-state index >= 15 is 0 Å². The Labute approximate surface area is 125 Å². The highest BCUT2D eigenvalue weighted by atomic mass is 16.2. The van der Waals surface area contributed by atoms with Crippen LogP contribution in [0.25, 0.3) is 0 Å². The van der Waals surface area contributed by atoms with Crippen LogP contribution in [0.3, 0.4) is 0 Å². The molecular weight excluding hydrogens is 258 g/mol. The van der Waals surface area contributed by atoms with Crippen molar-refractivity contribution in [3.63, 3.8) is 0 Å². The zero-order valence-corrected chi connectivity index (χ0v) is 12.0. The summed E-state index contributed by atoms with van der Waals surface area (Å²) in [6.45, 7) is 0. The van der Waals surface area contributed by atoms with E-state index in [0.29, 0.717) is 6.42 Å². The molecule has 1 saturated heterocycles. The summed E-state index contributed by atoms with van der Waals surface area (Å²) >= 11 is 0. The van der Waals surface area contributed by atoms with Gasteiger partial charge in [-0.15, -0.1) is 0 Å². The van der Waals surface area contributed by atoms with Gasteiger partial charge in [-0.3, -0.25) is 4.79 Å². The van der Waals surface area contributed by atoms with Crippen LogP contribution in [-0.4, -0.2) is 5.91 Å². The maximum Gasteiger partial charge on any atom is 0.221 e. The molecule has 2 aliphatic rings. The molecular formula is C19H19NO. The van der Waals surface area contributed by atoms with Gasteiger partial charge in [-0.2, -0.15) is 0 Å². The molecule has 2 nitrogen and oxygen atoms in total. The maximum absolute atomic E-state index is 12.1.